The van der Waals surface area contributed by atoms with Crippen LogP contribution >= 0.6 is 23.2 Å². The minimum atomic E-state index is -0.319. The fraction of sp³-hybridized carbons (Fsp3) is 0.316. The fourth-order valence-corrected chi connectivity index (χ4v) is 3.17. The number of nitrogens with one attached hydrogen (secondary N) is 1. The smallest absolute Gasteiger partial charge is 0.228 e. The van der Waals surface area contributed by atoms with E-state index >= 15 is 0 Å². The molecular formula is C19H19Cl2N3O2. The van der Waals surface area contributed by atoms with Crippen LogP contribution in [0.4, 0.5) is 5.69 Å². The van der Waals surface area contributed by atoms with Gasteiger partial charge in [-0.05, 0) is 42.7 Å². The van der Waals surface area contributed by atoms with E-state index in [-0.39, 0.29) is 23.7 Å². The molecule has 2 aromatic rings. The van der Waals surface area contributed by atoms with Gasteiger partial charge in [-0.1, -0.05) is 29.3 Å². The van der Waals surface area contributed by atoms with Crippen molar-refractivity contribution in [2.24, 2.45) is 11.8 Å². The molecule has 0 bridgehead atoms. The van der Waals surface area contributed by atoms with E-state index in [2.05, 4.69) is 10.3 Å². The molecule has 7 heteroatoms. The van der Waals surface area contributed by atoms with Crippen molar-refractivity contribution in [3.63, 3.8) is 0 Å². The van der Waals surface area contributed by atoms with Gasteiger partial charge in [-0.2, -0.15) is 0 Å². The summed E-state index contributed by atoms with van der Waals surface area (Å²) in [7, 11) is 1.77. The van der Waals surface area contributed by atoms with Crippen LogP contribution in [0.1, 0.15) is 12.0 Å². The Kier molecular flexibility index (Phi) is 5.79. The monoisotopic (exact) mass is 391 g/mol. The number of pyridine rings is 1. The molecule has 1 heterocycles. The first kappa shape index (κ1) is 18.7. The number of carbonyl (C=O) groups is 2. The van der Waals surface area contributed by atoms with E-state index in [0.29, 0.717) is 28.7 Å². The lowest BCUT2D eigenvalue weighted by Gasteiger charge is -2.17. The Morgan fingerprint density at radius 1 is 1.19 bits per heavy atom. The van der Waals surface area contributed by atoms with Gasteiger partial charge < -0.3 is 10.2 Å². The number of anilines is 1. The molecular weight excluding hydrogens is 373 g/mol. The topological polar surface area (TPSA) is 62.3 Å². The van der Waals surface area contributed by atoms with E-state index in [4.69, 9.17) is 23.2 Å². The quantitative estimate of drug-likeness (QED) is 0.816. The minimum absolute atomic E-state index is 0.00334. The third-order valence-corrected chi connectivity index (χ3v) is 5.33. The molecule has 1 aliphatic carbocycles. The molecule has 1 saturated carbocycles. The van der Waals surface area contributed by atoms with E-state index in [9.17, 15) is 9.59 Å². The normalized spacial score (nSPS) is 18.3. The van der Waals surface area contributed by atoms with Crippen LogP contribution in [0, 0.1) is 11.8 Å². The molecule has 1 fully saturated rings. The third kappa shape index (κ3) is 4.34. The molecule has 1 aromatic carbocycles. The fourth-order valence-electron chi connectivity index (χ4n) is 2.82. The number of rotatable bonds is 6. The van der Waals surface area contributed by atoms with E-state index in [1.54, 1.807) is 42.5 Å². The van der Waals surface area contributed by atoms with Gasteiger partial charge in [0.25, 0.3) is 0 Å². The van der Waals surface area contributed by atoms with Crippen LogP contribution in [0.5, 0.6) is 0 Å². The number of halogens is 2. The molecule has 2 amide bonds. The van der Waals surface area contributed by atoms with Gasteiger partial charge in [0.15, 0.2) is 0 Å². The highest BCUT2D eigenvalue weighted by Crippen LogP contribution is 2.41. The molecule has 0 radical (unpaired) electrons. The van der Waals surface area contributed by atoms with Gasteiger partial charge in [0.05, 0.1) is 27.6 Å². The summed E-state index contributed by atoms with van der Waals surface area (Å²) in [6.45, 7) is 0.605. The number of likely N-dealkylation sites (N-methyl/N-ethyl adjacent to an activating group) is 1. The zero-order chi connectivity index (χ0) is 18.7. The van der Waals surface area contributed by atoms with Gasteiger partial charge in [-0.15, -0.1) is 0 Å². The highest BCUT2D eigenvalue weighted by Gasteiger charge is 2.49. The number of nitrogens with zero attached hydrogens (tertiary/aromatic N) is 2. The Morgan fingerprint density at radius 3 is 2.65 bits per heavy atom. The Balaban J connectivity index is 1.51. The Morgan fingerprint density at radius 2 is 1.92 bits per heavy atom. The summed E-state index contributed by atoms with van der Waals surface area (Å²) < 4.78 is 0. The maximum atomic E-state index is 12.5. The van der Waals surface area contributed by atoms with Gasteiger partial charge in [-0.25, -0.2) is 0 Å². The van der Waals surface area contributed by atoms with Crippen LogP contribution in [-0.2, 0) is 16.0 Å². The lowest BCUT2D eigenvalue weighted by molar-refractivity contribution is -0.132. The number of carbonyl (C=O) groups excluding carboxylic acids is 2. The number of aromatic nitrogens is 1. The summed E-state index contributed by atoms with van der Waals surface area (Å²) >= 11 is 12.0. The van der Waals surface area contributed by atoms with E-state index in [0.717, 1.165) is 12.0 Å². The number of hydrogen-bond donors (Lipinski definition) is 1. The highest BCUT2D eigenvalue weighted by molar-refractivity contribution is 6.44. The second kappa shape index (κ2) is 8.06. The average Bonchev–Trinajstić information content (AvgIpc) is 3.44. The summed E-state index contributed by atoms with van der Waals surface area (Å²) in [5.74, 6) is -0.789. The SMILES string of the molecule is CN(CCc1ccncc1)C(=O)C1CC1C(=O)Nc1cccc(Cl)c1Cl. The summed E-state index contributed by atoms with van der Waals surface area (Å²) in [6.07, 6.45) is 4.79. The number of benzene rings is 1. The lowest BCUT2D eigenvalue weighted by Crippen LogP contribution is -2.31. The van der Waals surface area contributed by atoms with E-state index < -0.39 is 0 Å². The van der Waals surface area contributed by atoms with Crippen LogP contribution in [0.25, 0.3) is 0 Å². The Bertz CT molecular complexity index is 814. The Hall–Kier alpha value is -2.11. The molecule has 0 spiro atoms. The summed E-state index contributed by atoms with van der Waals surface area (Å²) in [5, 5.41) is 3.45. The van der Waals surface area contributed by atoms with Crippen LogP contribution < -0.4 is 5.32 Å². The molecule has 1 aliphatic rings. The third-order valence-electron chi connectivity index (χ3n) is 4.52. The number of amides is 2. The summed E-state index contributed by atoms with van der Waals surface area (Å²) in [6, 6.07) is 8.92. The Labute approximate surface area is 162 Å². The summed E-state index contributed by atoms with van der Waals surface area (Å²) in [5.41, 5.74) is 1.59. The second-order valence-electron chi connectivity index (χ2n) is 6.40. The zero-order valence-corrected chi connectivity index (χ0v) is 15.8. The average molecular weight is 392 g/mol. The van der Waals surface area contributed by atoms with E-state index in [1.807, 2.05) is 12.1 Å². The number of hydrogen-bond acceptors (Lipinski definition) is 3. The van der Waals surface area contributed by atoms with Crippen LogP contribution in [0.15, 0.2) is 42.7 Å². The standard InChI is InChI=1S/C19H19Cl2N3O2/c1-24(10-7-12-5-8-22-9-6-12)19(26)14-11-13(14)18(25)23-16-4-2-3-15(20)17(16)21/h2-6,8-9,13-14H,7,10-11H2,1H3,(H,23,25). The molecule has 26 heavy (non-hydrogen) atoms. The molecule has 1 aromatic heterocycles. The predicted octanol–water partition coefficient (Wildman–Crippen LogP) is 3.66. The molecule has 0 saturated heterocycles. The van der Waals surface area contributed by atoms with Crippen LogP contribution in [0.3, 0.4) is 0 Å². The van der Waals surface area contributed by atoms with Crippen molar-refractivity contribution in [1.29, 1.82) is 0 Å². The zero-order valence-electron chi connectivity index (χ0n) is 14.3. The summed E-state index contributed by atoms with van der Waals surface area (Å²) in [4.78, 5) is 30.5. The van der Waals surface area contributed by atoms with Gasteiger partial charge >= 0.3 is 0 Å². The largest absolute Gasteiger partial charge is 0.345 e. The molecule has 1 N–H and O–H groups in total. The molecule has 2 atom stereocenters. The van der Waals surface area contributed by atoms with Crippen LogP contribution in [-0.4, -0.2) is 35.3 Å². The van der Waals surface area contributed by atoms with Crippen molar-refractivity contribution in [3.05, 3.63) is 58.3 Å². The van der Waals surface area contributed by atoms with Crippen molar-refractivity contribution in [2.45, 2.75) is 12.8 Å². The molecule has 3 rings (SSSR count). The van der Waals surface area contributed by atoms with Gasteiger partial charge in [0, 0.05) is 26.0 Å². The maximum Gasteiger partial charge on any atom is 0.228 e. The van der Waals surface area contributed by atoms with Gasteiger partial charge in [0.2, 0.25) is 11.8 Å². The van der Waals surface area contributed by atoms with E-state index in [1.165, 1.54) is 0 Å². The van der Waals surface area contributed by atoms with Crippen molar-refractivity contribution < 1.29 is 9.59 Å². The maximum absolute atomic E-state index is 12.5. The molecule has 5 nitrogen and oxygen atoms in total. The predicted molar refractivity (Wildman–Crippen MR) is 102 cm³/mol. The first-order valence-electron chi connectivity index (χ1n) is 8.36. The second-order valence-corrected chi connectivity index (χ2v) is 7.19. The lowest BCUT2D eigenvalue weighted by atomic mass is 10.2. The van der Waals surface area contributed by atoms with Crippen molar-refractivity contribution >= 4 is 40.7 Å². The van der Waals surface area contributed by atoms with Crippen molar-refractivity contribution in [2.75, 3.05) is 18.9 Å². The van der Waals surface area contributed by atoms with Crippen molar-refractivity contribution in [3.8, 4) is 0 Å². The van der Waals surface area contributed by atoms with Gasteiger partial charge in [-0.3, -0.25) is 14.6 Å². The first-order chi connectivity index (χ1) is 12.5. The molecule has 2 unspecified atom stereocenters. The molecule has 136 valence electrons. The van der Waals surface area contributed by atoms with Gasteiger partial charge in [0.1, 0.15) is 0 Å². The van der Waals surface area contributed by atoms with Crippen LogP contribution in [0.2, 0.25) is 10.0 Å². The first-order valence-corrected chi connectivity index (χ1v) is 9.11. The molecule has 0 aliphatic heterocycles. The highest BCUT2D eigenvalue weighted by atomic mass is 35.5. The van der Waals surface area contributed by atoms with Crippen molar-refractivity contribution in [1.82, 2.24) is 9.88 Å². The minimum Gasteiger partial charge on any atom is -0.345 e.